The molecule has 0 saturated heterocycles. The summed E-state index contributed by atoms with van der Waals surface area (Å²) in [4.78, 5) is 0.288. The molecule has 0 aromatic heterocycles. The molecule has 0 spiro atoms. The summed E-state index contributed by atoms with van der Waals surface area (Å²) >= 11 is 6.04. The van der Waals surface area contributed by atoms with Gasteiger partial charge >= 0.3 is 0 Å². The molecule has 0 radical (unpaired) electrons. The molecule has 6 heteroatoms. The molecule has 28 heavy (non-hydrogen) atoms. The topological polar surface area (TPSA) is 57.6 Å². The van der Waals surface area contributed by atoms with Gasteiger partial charge in [-0.3, -0.25) is 0 Å². The van der Waals surface area contributed by atoms with Gasteiger partial charge in [0.25, 0.3) is 0 Å². The van der Waals surface area contributed by atoms with Crippen LogP contribution in [-0.2, 0) is 10.0 Å². The molecule has 2 atom stereocenters. The SMILES string of the molecule is Cc1ccccc1S(=O)(=O)N1C(C(C)(C)C)C=C(CO)[C@@H]1c1ccc(Cl)cc1. The van der Waals surface area contributed by atoms with Crippen molar-refractivity contribution in [3.63, 3.8) is 0 Å². The Labute approximate surface area is 172 Å². The van der Waals surface area contributed by atoms with E-state index in [0.717, 1.165) is 5.56 Å². The highest BCUT2D eigenvalue weighted by atomic mass is 35.5. The van der Waals surface area contributed by atoms with Gasteiger partial charge in [0.2, 0.25) is 10.0 Å². The van der Waals surface area contributed by atoms with E-state index in [9.17, 15) is 13.5 Å². The van der Waals surface area contributed by atoms with E-state index in [1.165, 1.54) is 0 Å². The first-order valence-electron chi connectivity index (χ1n) is 9.23. The van der Waals surface area contributed by atoms with Crippen molar-refractivity contribution in [1.82, 2.24) is 4.31 Å². The zero-order valence-corrected chi connectivity index (χ0v) is 18.1. The molecule has 4 nitrogen and oxygen atoms in total. The zero-order valence-electron chi connectivity index (χ0n) is 16.6. The van der Waals surface area contributed by atoms with Gasteiger partial charge in [-0.2, -0.15) is 4.31 Å². The maximum atomic E-state index is 13.8. The minimum Gasteiger partial charge on any atom is -0.392 e. The number of sulfonamides is 1. The number of rotatable bonds is 4. The average Bonchev–Trinajstić information content (AvgIpc) is 3.03. The van der Waals surface area contributed by atoms with E-state index >= 15 is 0 Å². The van der Waals surface area contributed by atoms with Crippen LogP contribution in [0.5, 0.6) is 0 Å². The maximum absolute atomic E-state index is 13.8. The summed E-state index contributed by atoms with van der Waals surface area (Å²) in [5.74, 6) is 0. The Morgan fingerprint density at radius 3 is 2.21 bits per heavy atom. The van der Waals surface area contributed by atoms with Crippen molar-refractivity contribution in [1.29, 1.82) is 0 Å². The maximum Gasteiger partial charge on any atom is 0.244 e. The van der Waals surface area contributed by atoms with E-state index in [2.05, 4.69) is 0 Å². The molecule has 1 aliphatic heterocycles. The highest BCUT2D eigenvalue weighted by Gasteiger charge is 2.47. The first-order chi connectivity index (χ1) is 13.1. The lowest BCUT2D eigenvalue weighted by molar-refractivity contribution is 0.206. The van der Waals surface area contributed by atoms with Crippen LogP contribution in [0.15, 0.2) is 65.1 Å². The second-order valence-corrected chi connectivity index (χ2v) is 10.5. The van der Waals surface area contributed by atoms with Gasteiger partial charge in [0.1, 0.15) is 0 Å². The minimum atomic E-state index is -3.81. The van der Waals surface area contributed by atoms with Crippen molar-refractivity contribution in [3.05, 3.63) is 76.3 Å². The molecule has 3 rings (SSSR count). The molecule has 1 heterocycles. The van der Waals surface area contributed by atoms with Gasteiger partial charge in [-0.25, -0.2) is 8.42 Å². The fraction of sp³-hybridized carbons (Fsp3) is 0.364. The smallest absolute Gasteiger partial charge is 0.244 e. The van der Waals surface area contributed by atoms with Gasteiger partial charge in [0.15, 0.2) is 0 Å². The summed E-state index contributed by atoms with van der Waals surface area (Å²) in [7, 11) is -3.81. The van der Waals surface area contributed by atoms with Crippen molar-refractivity contribution in [2.75, 3.05) is 6.61 Å². The first-order valence-corrected chi connectivity index (χ1v) is 11.0. The third kappa shape index (κ3) is 3.77. The standard InChI is InChI=1S/C22H26ClNO3S/c1-15-7-5-6-8-19(15)28(26,27)24-20(22(2,3)4)13-17(14-25)21(24)16-9-11-18(23)12-10-16/h5-13,20-21,25H,14H2,1-4H3/t20?,21-/m0/s1. The van der Waals surface area contributed by atoms with Crippen LogP contribution >= 0.6 is 11.6 Å². The number of benzene rings is 2. The Morgan fingerprint density at radius 2 is 1.68 bits per heavy atom. The van der Waals surface area contributed by atoms with Gasteiger partial charge in [0.05, 0.1) is 17.5 Å². The lowest BCUT2D eigenvalue weighted by Gasteiger charge is -2.37. The summed E-state index contributed by atoms with van der Waals surface area (Å²) in [6, 6.07) is 13.2. The third-order valence-electron chi connectivity index (χ3n) is 5.16. The number of aliphatic hydroxyl groups excluding tert-OH is 1. The average molecular weight is 420 g/mol. The molecule has 2 aromatic carbocycles. The highest BCUT2D eigenvalue weighted by molar-refractivity contribution is 7.89. The van der Waals surface area contributed by atoms with Crippen LogP contribution in [0.3, 0.4) is 0 Å². The van der Waals surface area contributed by atoms with Crippen LogP contribution in [0.1, 0.15) is 37.9 Å². The van der Waals surface area contributed by atoms with Crippen LogP contribution in [0, 0.1) is 12.3 Å². The van der Waals surface area contributed by atoms with Crippen molar-refractivity contribution in [3.8, 4) is 0 Å². The predicted octanol–water partition coefficient (Wildman–Crippen LogP) is 4.73. The van der Waals surface area contributed by atoms with E-state index in [1.54, 1.807) is 41.6 Å². The van der Waals surface area contributed by atoms with Crippen LogP contribution in [0.2, 0.25) is 5.02 Å². The fourth-order valence-electron chi connectivity index (χ4n) is 3.72. The summed E-state index contributed by atoms with van der Waals surface area (Å²) in [5.41, 5.74) is 1.81. The second kappa shape index (κ2) is 7.64. The number of hydrogen-bond donors (Lipinski definition) is 1. The van der Waals surface area contributed by atoms with Crippen molar-refractivity contribution in [2.24, 2.45) is 5.41 Å². The molecule has 150 valence electrons. The zero-order chi connectivity index (χ0) is 20.7. The van der Waals surface area contributed by atoms with Crippen LogP contribution < -0.4 is 0 Å². The second-order valence-electron chi connectivity index (χ2n) is 8.27. The van der Waals surface area contributed by atoms with E-state index < -0.39 is 16.1 Å². The van der Waals surface area contributed by atoms with Gasteiger partial charge in [-0.05, 0) is 47.2 Å². The Hall–Kier alpha value is -1.66. The predicted molar refractivity (Wildman–Crippen MR) is 113 cm³/mol. The van der Waals surface area contributed by atoms with Crippen LogP contribution in [-0.4, -0.2) is 30.5 Å². The summed E-state index contributed by atoms with van der Waals surface area (Å²) in [6.07, 6.45) is 1.90. The largest absolute Gasteiger partial charge is 0.392 e. The Bertz CT molecular complexity index is 991. The van der Waals surface area contributed by atoms with E-state index in [1.807, 2.05) is 45.0 Å². The quantitative estimate of drug-likeness (QED) is 0.729. The number of aryl methyl sites for hydroxylation is 1. The van der Waals surface area contributed by atoms with Gasteiger partial charge in [-0.1, -0.05) is 68.8 Å². The third-order valence-corrected chi connectivity index (χ3v) is 7.42. The molecular weight excluding hydrogens is 394 g/mol. The van der Waals surface area contributed by atoms with Crippen molar-refractivity contribution in [2.45, 2.75) is 44.7 Å². The molecule has 0 amide bonds. The molecule has 0 aliphatic carbocycles. The normalized spacial score (nSPS) is 21.0. The van der Waals surface area contributed by atoms with Gasteiger partial charge in [0, 0.05) is 11.1 Å². The number of aliphatic hydroxyl groups is 1. The molecule has 2 aromatic rings. The Kier molecular flexibility index (Phi) is 5.74. The molecular formula is C22H26ClNO3S. The molecule has 0 bridgehead atoms. The van der Waals surface area contributed by atoms with Crippen molar-refractivity contribution >= 4 is 21.6 Å². The van der Waals surface area contributed by atoms with E-state index in [4.69, 9.17) is 11.6 Å². The molecule has 0 fully saturated rings. The molecule has 1 aliphatic rings. The molecule has 0 saturated carbocycles. The summed E-state index contributed by atoms with van der Waals surface area (Å²) in [5, 5.41) is 10.6. The van der Waals surface area contributed by atoms with Gasteiger partial charge in [-0.15, -0.1) is 0 Å². The molecule has 1 N–H and O–H groups in total. The van der Waals surface area contributed by atoms with Crippen molar-refractivity contribution < 1.29 is 13.5 Å². The molecule has 1 unspecified atom stereocenters. The van der Waals surface area contributed by atoms with E-state index in [-0.39, 0.29) is 23.0 Å². The highest BCUT2D eigenvalue weighted by Crippen LogP contribution is 2.46. The Balaban J connectivity index is 2.22. The minimum absolute atomic E-state index is 0.209. The van der Waals surface area contributed by atoms with Crippen LogP contribution in [0.25, 0.3) is 0 Å². The first kappa shape index (κ1) is 21.1. The number of hydrogen-bond acceptors (Lipinski definition) is 3. The van der Waals surface area contributed by atoms with Crippen LogP contribution in [0.4, 0.5) is 0 Å². The summed E-state index contributed by atoms with van der Waals surface area (Å²) < 4.78 is 29.2. The van der Waals surface area contributed by atoms with E-state index in [0.29, 0.717) is 16.2 Å². The number of nitrogens with zero attached hydrogens (tertiary/aromatic N) is 1. The lowest BCUT2D eigenvalue weighted by atomic mass is 9.87. The van der Waals surface area contributed by atoms with Gasteiger partial charge < -0.3 is 5.11 Å². The summed E-state index contributed by atoms with van der Waals surface area (Å²) in [6.45, 7) is 7.61. The fourth-order valence-corrected chi connectivity index (χ4v) is 6.01. The lowest BCUT2D eigenvalue weighted by Crippen LogP contribution is -2.45. The monoisotopic (exact) mass is 419 g/mol. The number of halogens is 1. The Morgan fingerprint density at radius 1 is 1.07 bits per heavy atom.